The van der Waals surface area contributed by atoms with E-state index in [1.165, 1.54) is 31.2 Å². The highest BCUT2D eigenvalue weighted by Crippen LogP contribution is 2.27. The lowest BCUT2D eigenvalue weighted by Gasteiger charge is -2.26. The van der Waals surface area contributed by atoms with E-state index in [1.54, 1.807) is 35.6 Å². The molecule has 1 atom stereocenters. The second-order valence-corrected chi connectivity index (χ2v) is 9.32. The fourth-order valence-corrected chi connectivity index (χ4v) is 4.28. The van der Waals surface area contributed by atoms with Gasteiger partial charge in [-0.25, -0.2) is 14.2 Å². The van der Waals surface area contributed by atoms with Crippen LogP contribution in [0.1, 0.15) is 30.4 Å². The van der Waals surface area contributed by atoms with Crippen molar-refractivity contribution in [3.63, 3.8) is 0 Å². The second-order valence-electron chi connectivity index (χ2n) is 8.37. The van der Waals surface area contributed by atoms with E-state index in [4.69, 9.17) is 13.9 Å². The van der Waals surface area contributed by atoms with Crippen LogP contribution in [0, 0.1) is 12.7 Å². The standard InChI is InChI=1S/C27H26FNO5S/c1-18-23(29-25(33-18)24-9-5-15-35-24)8-4-14-32-21-12-10-19(11-13-21)17-27(2,26(30)31)34-22-7-3-6-20(28)16-22/h3,5-7,9-13,15-16H,4,8,14,17H2,1-2H3,(H,30,31). The number of halogens is 1. The monoisotopic (exact) mass is 495 g/mol. The number of aliphatic carboxylic acids is 1. The van der Waals surface area contributed by atoms with Gasteiger partial charge in [0.25, 0.3) is 0 Å². The van der Waals surface area contributed by atoms with Crippen molar-refractivity contribution in [2.24, 2.45) is 0 Å². The Morgan fingerprint density at radius 2 is 1.94 bits per heavy atom. The Kier molecular flexibility index (Phi) is 7.51. The van der Waals surface area contributed by atoms with Crippen LogP contribution in [0.25, 0.3) is 10.8 Å². The number of aromatic nitrogens is 1. The van der Waals surface area contributed by atoms with Crippen molar-refractivity contribution in [3.8, 4) is 22.3 Å². The van der Waals surface area contributed by atoms with Gasteiger partial charge in [0.1, 0.15) is 23.1 Å². The van der Waals surface area contributed by atoms with E-state index in [-0.39, 0.29) is 12.2 Å². The van der Waals surface area contributed by atoms with Crippen LogP contribution in [-0.4, -0.2) is 28.3 Å². The van der Waals surface area contributed by atoms with Crippen LogP contribution >= 0.6 is 11.3 Å². The van der Waals surface area contributed by atoms with Crippen molar-refractivity contribution >= 4 is 17.3 Å². The maximum absolute atomic E-state index is 13.5. The minimum Gasteiger partial charge on any atom is -0.494 e. The van der Waals surface area contributed by atoms with Crippen molar-refractivity contribution in [1.82, 2.24) is 4.98 Å². The van der Waals surface area contributed by atoms with E-state index >= 15 is 0 Å². The van der Waals surface area contributed by atoms with E-state index < -0.39 is 17.4 Å². The summed E-state index contributed by atoms with van der Waals surface area (Å²) in [4.78, 5) is 17.5. The number of ether oxygens (including phenoxy) is 2. The molecule has 2 aromatic heterocycles. The van der Waals surface area contributed by atoms with Gasteiger partial charge in [-0.3, -0.25) is 0 Å². The molecule has 0 bridgehead atoms. The van der Waals surface area contributed by atoms with Gasteiger partial charge >= 0.3 is 5.97 Å². The van der Waals surface area contributed by atoms with Gasteiger partial charge < -0.3 is 19.0 Å². The molecule has 6 nitrogen and oxygen atoms in total. The zero-order valence-corrected chi connectivity index (χ0v) is 20.3. The first-order valence-corrected chi connectivity index (χ1v) is 12.1. The highest BCUT2D eigenvalue weighted by atomic mass is 32.1. The van der Waals surface area contributed by atoms with E-state index in [1.807, 2.05) is 24.4 Å². The number of nitrogens with zero attached hydrogens (tertiary/aromatic N) is 1. The van der Waals surface area contributed by atoms with Gasteiger partial charge in [0.15, 0.2) is 0 Å². The summed E-state index contributed by atoms with van der Waals surface area (Å²) < 4.78 is 30.7. The smallest absolute Gasteiger partial charge is 0.348 e. The molecule has 0 spiro atoms. The number of rotatable bonds is 11. The van der Waals surface area contributed by atoms with E-state index in [2.05, 4.69) is 4.98 Å². The lowest BCUT2D eigenvalue weighted by atomic mass is 9.96. The number of thiophene rings is 1. The van der Waals surface area contributed by atoms with Crippen molar-refractivity contribution in [3.05, 3.63) is 88.9 Å². The summed E-state index contributed by atoms with van der Waals surface area (Å²) in [6, 6.07) is 16.6. The first-order valence-electron chi connectivity index (χ1n) is 11.2. The molecule has 2 aromatic carbocycles. The predicted octanol–water partition coefficient (Wildman–Crippen LogP) is 6.33. The largest absolute Gasteiger partial charge is 0.494 e. The summed E-state index contributed by atoms with van der Waals surface area (Å²) in [6.45, 7) is 3.90. The normalized spacial score (nSPS) is 12.8. The Morgan fingerprint density at radius 1 is 1.14 bits per heavy atom. The third-order valence-corrected chi connectivity index (χ3v) is 6.37. The van der Waals surface area contributed by atoms with Gasteiger partial charge in [-0.1, -0.05) is 24.3 Å². The van der Waals surface area contributed by atoms with Crippen molar-refractivity contribution in [2.45, 2.75) is 38.7 Å². The number of hydrogen-bond acceptors (Lipinski definition) is 6. The minimum atomic E-state index is -1.55. The Balaban J connectivity index is 1.29. The molecular weight excluding hydrogens is 469 g/mol. The first-order chi connectivity index (χ1) is 16.8. The van der Waals surface area contributed by atoms with E-state index in [9.17, 15) is 14.3 Å². The topological polar surface area (TPSA) is 81.8 Å². The van der Waals surface area contributed by atoms with Crippen LogP contribution in [0.15, 0.2) is 70.5 Å². The molecule has 0 aliphatic heterocycles. The molecule has 0 aliphatic carbocycles. The molecule has 4 aromatic rings. The SMILES string of the molecule is Cc1oc(-c2cccs2)nc1CCCOc1ccc(CC(C)(Oc2cccc(F)c2)C(=O)O)cc1. The van der Waals surface area contributed by atoms with Crippen molar-refractivity contribution in [1.29, 1.82) is 0 Å². The lowest BCUT2D eigenvalue weighted by molar-refractivity contribution is -0.153. The molecule has 1 unspecified atom stereocenters. The molecule has 2 heterocycles. The third-order valence-electron chi connectivity index (χ3n) is 5.51. The molecule has 1 N–H and O–H groups in total. The van der Waals surface area contributed by atoms with Gasteiger partial charge in [-0.05, 0) is 68.0 Å². The molecule has 35 heavy (non-hydrogen) atoms. The summed E-state index contributed by atoms with van der Waals surface area (Å²) in [5, 5.41) is 11.7. The Bertz CT molecular complexity index is 1270. The molecule has 182 valence electrons. The number of hydrogen-bond donors (Lipinski definition) is 1. The fourth-order valence-electron chi connectivity index (χ4n) is 3.63. The van der Waals surface area contributed by atoms with Crippen molar-refractivity contribution < 1.29 is 28.2 Å². The molecule has 0 fully saturated rings. The third kappa shape index (κ3) is 6.27. The zero-order valence-electron chi connectivity index (χ0n) is 19.5. The minimum absolute atomic E-state index is 0.108. The number of carbonyl (C=O) groups is 1. The maximum atomic E-state index is 13.5. The van der Waals surface area contributed by atoms with Crippen LogP contribution in [0.4, 0.5) is 4.39 Å². The van der Waals surface area contributed by atoms with E-state index in [0.717, 1.165) is 34.7 Å². The Labute approximate surface area is 207 Å². The molecule has 0 amide bonds. The fraction of sp³-hybridized carbons (Fsp3) is 0.259. The average molecular weight is 496 g/mol. The van der Waals surface area contributed by atoms with Gasteiger partial charge in [-0.2, -0.15) is 0 Å². The predicted molar refractivity (Wildman–Crippen MR) is 132 cm³/mol. The van der Waals surface area contributed by atoms with Gasteiger partial charge in [0.2, 0.25) is 11.5 Å². The van der Waals surface area contributed by atoms with Crippen LogP contribution in [0.3, 0.4) is 0 Å². The van der Waals surface area contributed by atoms with Crippen LogP contribution < -0.4 is 9.47 Å². The quantitative estimate of drug-likeness (QED) is 0.245. The number of carboxylic acid groups (broad SMARTS) is 1. The number of carboxylic acids is 1. The summed E-state index contributed by atoms with van der Waals surface area (Å²) >= 11 is 1.59. The molecule has 0 saturated carbocycles. The van der Waals surface area contributed by atoms with Crippen LogP contribution in [-0.2, 0) is 17.6 Å². The molecule has 4 rings (SSSR count). The van der Waals surface area contributed by atoms with Crippen molar-refractivity contribution in [2.75, 3.05) is 6.61 Å². The zero-order chi connectivity index (χ0) is 24.8. The summed E-state index contributed by atoms with van der Waals surface area (Å²) in [7, 11) is 0. The van der Waals surface area contributed by atoms with E-state index in [0.29, 0.717) is 18.2 Å². The summed E-state index contributed by atoms with van der Waals surface area (Å²) in [5.41, 5.74) is 0.143. The molecule has 0 aliphatic rings. The highest BCUT2D eigenvalue weighted by molar-refractivity contribution is 7.13. The molecule has 8 heteroatoms. The molecular formula is C27H26FNO5S. The molecule has 0 saturated heterocycles. The Morgan fingerprint density at radius 3 is 2.63 bits per heavy atom. The first kappa shape index (κ1) is 24.5. The average Bonchev–Trinajstić information content (AvgIpc) is 3.48. The van der Waals surface area contributed by atoms with Gasteiger partial charge in [0.05, 0.1) is 17.2 Å². The number of aryl methyl sites for hydroxylation is 2. The number of benzene rings is 2. The van der Waals surface area contributed by atoms with Crippen LogP contribution in [0.5, 0.6) is 11.5 Å². The van der Waals surface area contributed by atoms with Gasteiger partial charge in [-0.15, -0.1) is 11.3 Å². The lowest BCUT2D eigenvalue weighted by Crippen LogP contribution is -2.43. The highest BCUT2D eigenvalue weighted by Gasteiger charge is 2.36. The maximum Gasteiger partial charge on any atom is 0.348 e. The number of oxazole rings is 1. The molecule has 0 radical (unpaired) electrons. The Hall–Kier alpha value is -3.65. The summed E-state index contributed by atoms with van der Waals surface area (Å²) in [6.07, 6.45) is 1.63. The van der Waals surface area contributed by atoms with Crippen LogP contribution in [0.2, 0.25) is 0 Å². The van der Waals surface area contributed by atoms with Gasteiger partial charge in [0, 0.05) is 12.5 Å². The second kappa shape index (κ2) is 10.7. The summed E-state index contributed by atoms with van der Waals surface area (Å²) in [5.74, 6) is 0.706.